The molecule has 0 radical (unpaired) electrons. The van der Waals surface area contributed by atoms with E-state index in [0.717, 1.165) is 11.3 Å². The highest BCUT2D eigenvalue weighted by Gasteiger charge is 2.23. The topological polar surface area (TPSA) is 78.1 Å². The van der Waals surface area contributed by atoms with Crippen molar-refractivity contribution in [2.24, 2.45) is 0 Å². The molecule has 0 saturated carbocycles. The molecule has 0 saturated heterocycles. The van der Waals surface area contributed by atoms with Crippen LogP contribution in [0.3, 0.4) is 0 Å². The number of benzene rings is 3. The second kappa shape index (κ2) is 9.30. The number of hydrogen-bond acceptors (Lipinski definition) is 6. The summed E-state index contributed by atoms with van der Waals surface area (Å²) in [6.07, 6.45) is 3.69. The number of ether oxygens (including phenoxy) is 3. The Kier molecular flexibility index (Phi) is 6.29. The second-order valence-electron chi connectivity index (χ2n) is 7.13. The first-order chi connectivity index (χ1) is 16.0. The summed E-state index contributed by atoms with van der Waals surface area (Å²) < 4.78 is 22.2. The van der Waals surface area contributed by atoms with Crippen LogP contribution in [0.25, 0.3) is 34.4 Å². The Bertz CT molecular complexity index is 1400. The van der Waals surface area contributed by atoms with Gasteiger partial charge in [0.05, 0.1) is 37.3 Å². The lowest BCUT2D eigenvalue weighted by Gasteiger charge is -2.15. The highest BCUT2D eigenvalue weighted by molar-refractivity contribution is 6.34. The van der Waals surface area contributed by atoms with E-state index in [1.807, 2.05) is 36.4 Å². The molecule has 3 aromatic carbocycles. The second-order valence-corrected chi connectivity index (χ2v) is 7.53. The van der Waals surface area contributed by atoms with Gasteiger partial charge in [-0.05, 0) is 41.5 Å². The number of methoxy groups -OCH3 is 3. The molecule has 0 atom stereocenters. The van der Waals surface area contributed by atoms with Crippen molar-refractivity contribution in [3.63, 3.8) is 0 Å². The Morgan fingerprint density at radius 3 is 2.30 bits per heavy atom. The smallest absolute Gasteiger partial charge is 0.235 e. The van der Waals surface area contributed by atoms with E-state index in [1.165, 1.54) is 7.11 Å². The van der Waals surface area contributed by atoms with Crippen LogP contribution in [0.1, 0.15) is 11.1 Å². The molecule has 1 aromatic heterocycles. The van der Waals surface area contributed by atoms with Crippen molar-refractivity contribution >= 4 is 34.7 Å². The van der Waals surface area contributed by atoms with Crippen LogP contribution >= 0.6 is 11.6 Å². The van der Waals surface area contributed by atoms with Crippen LogP contribution in [-0.4, -0.2) is 26.4 Å². The summed E-state index contributed by atoms with van der Waals surface area (Å²) in [5, 5.41) is 11.2. The van der Waals surface area contributed by atoms with Crippen LogP contribution in [0.15, 0.2) is 63.8 Å². The molecule has 0 aliphatic carbocycles. The largest absolute Gasteiger partial charge is 0.502 e. The fourth-order valence-corrected chi connectivity index (χ4v) is 3.72. The third kappa shape index (κ3) is 4.25. The molecule has 4 rings (SSSR count). The summed E-state index contributed by atoms with van der Waals surface area (Å²) in [5.41, 5.74) is 1.50. The maximum atomic E-state index is 12.9. The molecule has 0 aliphatic heterocycles. The highest BCUT2D eigenvalue weighted by Crippen LogP contribution is 2.42. The van der Waals surface area contributed by atoms with E-state index >= 15 is 0 Å². The van der Waals surface area contributed by atoms with E-state index in [9.17, 15) is 9.90 Å². The summed E-state index contributed by atoms with van der Waals surface area (Å²) in [4.78, 5) is 12.9. The number of hydrogen-bond donors (Lipinski definition) is 1. The van der Waals surface area contributed by atoms with Gasteiger partial charge < -0.3 is 23.7 Å². The zero-order chi connectivity index (χ0) is 23.5. The van der Waals surface area contributed by atoms with Crippen molar-refractivity contribution in [1.29, 1.82) is 0 Å². The normalized spacial score (nSPS) is 11.2. The molecule has 0 aliphatic rings. The first-order valence-electron chi connectivity index (χ1n) is 9.99. The molecule has 0 unspecified atom stereocenters. The van der Waals surface area contributed by atoms with Crippen LogP contribution in [0.5, 0.6) is 23.0 Å². The van der Waals surface area contributed by atoms with Gasteiger partial charge in [0.1, 0.15) is 17.2 Å². The van der Waals surface area contributed by atoms with Crippen molar-refractivity contribution in [3.05, 3.63) is 81.0 Å². The van der Waals surface area contributed by atoms with Crippen molar-refractivity contribution in [2.45, 2.75) is 0 Å². The Balaban J connectivity index is 1.96. The third-order valence-electron chi connectivity index (χ3n) is 5.21. The molecule has 33 heavy (non-hydrogen) atoms. The van der Waals surface area contributed by atoms with Crippen molar-refractivity contribution in [1.82, 2.24) is 0 Å². The van der Waals surface area contributed by atoms with Crippen LogP contribution in [0.4, 0.5) is 0 Å². The predicted molar refractivity (Wildman–Crippen MR) is 130 cm³/mol. The van der Waals surface area contributed by atoms with Crippen LogP contribution in [0, 0.1) is 0 Å². The standard InChI is InChI=1S/C26H21ClO6/c1-30-17-11-8-15(9-12-17)7-10-16-13-18(31-2)14-21(32-3)22(16)26-24(29)23(28)19-5-4-6-20(27)25(19)33-26/h4-14,29H,1-3H3/b10-7+. The summed E-state index contributed by atoms with van der Waals surface area (Å²) in [5.74, 6) is 1.05. The molecular formula is C26H21ClO6. The van der Waals surface area contributed by atoms with Gasteiger partial charge in [-0.2, -0.15) is 0 Å². The average Bonchev–Trinajstić information content (AvgIpc) is 2.85. The monoisotopic (exact) mass is 464 g/mol. The van der Waals surface area contributed by atoms with E-state index in [1.54, 1.807) is 44.6 Å². The van der Waals surface area contributed by atoms with E-state index in [4.69, 9.17) is 30.2 Å². The van der Waals surface area contributed by atoms with Gasteiger partial charge in [0.25, 0.3) is 0 Å². The summed E-state index contributed by atoms with van der Waals surface area (Å²) in [7, 11) is 4.63. The maximum absolute atomic E-state index is 12.9. The van der Waals surface area contributed by atoms with E-state index in [-0.39, 0.29) is 21.8 Å². The summed E-state index contributed by atoms with van der Waals surface area (Å²) in [6.45, 7) is 0. The minimum Gasteiger partial charge on any atom is -0.502 e. The molecule has 0 amide bonds. The molecule has 7 heteroatoms. The first kappa shape index (κ1) is 22.3. The van der Waals surface area contributed by atoms with E-state index in [0.29, 0.717) is 22.6 Å². The van der Waals surface area contributed by atoms with Crippen LogP contribution in [0.2, 0.25) is 5.02 Å². The Labute approximate surface area is 195 Å². The molecule has 0 spiro atoms. The number of para-hydroxylation sites is 1. The van der Waals surface area contributed by atoms with Gasteiger partial charge in [0, 0.05) is 6.07 Å². The van der Waals surface area contributed by atoms with Gasteiger partial charge in [-0.1, -0.05) is 42.0 Å². The van der Waals surface area contributed by atoms with E-state index < -0.39 is 11.2 Å². The van der Waals surface area contributed by atoms with Gasteiger partial charge in [0.15, 0.2) is 11.3 Å². The minimum atomic E-state index is -0.586. The van der Waals surface area contributed by atoms with Gasteiger partial charge >= 0.3 is 0 Å². The fraction of sp³-hybridized carbons (Fsp3) is 0.115. The van der Waals surface area contributed by atoms with Crippen molar-refractivity contribution in [3.8, 4) is 34.3 Å². The van der Waals surface area contributed by atoms with Gasteiger partial charge in [0.2, 0.25) is 11.2 Å². The van der Waals surface area contributed by atoms with Gasteiger partial charge in [-0.3, -0.25) is 4.79 Å². The lowest BCUT2D eigenvalue weighted by atomic mass is 10.00. The number of halogens is 1. The fourth-order valence-electron chi connectivity index (χ4n) is 3.51. The molecule has 1 N–H and O–H groups in total. The number of aromatic hydroxyl groups is 1. The van der Waals surface area contributed by atoms with Crippen molar-refractivity contribution < 1.29 is 23.7 Å². The number of rotatable bonds is 6. The summed E-state index contributed by atoms with van der Waals surface area (Å²) in [6, 6.07) is 15.7. The van der Waals surface area contributed by atoms with Crippen LogP contribution < -0.4 is 19.6 Å². The van der Waals surface area contributed by atoms with Gasteiger partial charge in [-0.25, -0.2) is 0 Å². The first-order valence-corrected chi connectivity index (χ1v) is 10.4. The maximum Gasteiger partial charge on any atom is 0.235 e. The average molecular weight is 465 g/mol. The zero-order valence-electron chi connectivity index (χ0n) is 18.2. The highest BCUT2D eigenvalue weighted by atomic mass is 35.5. The molecule has 1 heterocycles. The zero-order valence-corrected chi connectivity index (χ0v) is 19.0. The minimum absolute atomic E-state index is 0.0468. The van der Waals surface area contributed by atoms with E-state index in [2.05, 4.69) is 0 Å². The number of fused-ring (bicyclic) bond motifs is 1. The lowest BCUT2D eigenvalue weighted by Crippen LogP contribution is -2.04. The summed E-state index contributed by atoms with van der Waals surface area (Å²) >= 11 is 6.28. The Hall–Kier alpha value is -3.90. The quantitative estimate of drug-likeness (QED) is 0.352. The SMILES string of the molecule is COc1ccc(/C=C/c2cc(OC)cc(OC)c2-c2oc3c(Cl)cccc3c(=O)c2O)cc1. The molecular weight excluding hydrogens is 444 g/mol. The Morgan fingerprint density at radius 2 is 1.64 bits per heavy atom. The molecule has 4 aromatic rings. The van der Waals surface area contributed by atoms with Gasteiger partial charge in [-0.15, -0.1) is 0 Å². The van der Waals surface area contributed by atoms with Crippen molar-refractivity contribution in [2.75, 3.05) is 21.3 Å². The van der Waals surface area contributed by atoms with Crippen LogP contribution in [-0.2, 0) is 0 Å². The predicted octanol–water partition coefficient (Wildman–Crippen LogP) is 6.02. The lowest BCUT2D eigenvalue weighted by molar-refractivity contribution is 0.393. The molecule has 0 bridgehead atoms. The Morgan fingerprint density at radius 1 is 0.909 bits per heavy atom. The third-order valence-corrected chi connectivity index (χ3v) is 5.50. The molecule has 0 fully saturated rings. The molecule has 6 nitrogen and oxygen atoms in total. The molecule has 168 valence electrons.